The molecule has 1 saturated heterocycles. The second-order valence-electron chi connectivity index (χ2n) is 4.84. The molecule has 0 bridgehead atoms. The van der Waals surface area contributed by atoms with E-state index in [0.717, 1.165) is 5.56 Å². The zero-order valence-electron chi connectivity index (χ0n) is 11.0. The third-order valence-electron chi connectivity index (χ3n) is 2.92. The topological polar surface area (TPSA) is 29.5 Å². The number of carbonyl (C=O) groups is 1. The number of hydrogen-bond acceptors (Lipinski definition) is 3. The Hall–Kier alpha value is -1.00. The third kappa shape index (κ3) is 2.87. The Labute approximate surface area is 112 Å². The first kappa shape index (κ1) is 13.4. The van der Waals surface area contributed by atoms with E-state index in [1.807, 2.05) is 37.3 Å². The zero-order chi connectivity index (χ0) is 13.1. The van der Waals surface area contributed by atoms with Crippen molar-refractivity contribution in [1.82, 2.24) is 5.06 Å². The number of rotatable bonds is 4. The van der Waals surface area contributed by atoms with E-state index >= 15 is 0 Å². The van der Waals surface area contributed by atoms with Gasteiger partial charge in [-0.25, -0.2) is 5.06 Å². The molecule has 4 heteroatoms. The molecule has 1 heterocycles. The van der Waals surface area contributed by atoms with Gasteiger partial charge in [-0.2, -0.15) is 0 Å². The molecule has 0 radical (unpaired) electrons. The normalized spacial score (nSPS) is 24.0. The predicted octanol–water partition coefficient (Wildman–Crippen LogP) is 3.06. The first-order chi connectivity index (χ1) is 8.59. The molecule has 1 aliphatic rings. The summed E-state index contributed by atoms with van der Waals surface area (Å²) in [4.78, 5) is 17.7. The lowest BCUT2D eigenvalue weighted by Gasteiger charge is -2.25. The van der Waals surface area contributed by atoms with E-state index in [4.69, 9.17) is 4.84 Å². The first-order valence-corrected chi connectivity index (χ1v) is 7.19. The number of benzene rings is 1. The molecule has 1 fully saturated rings. The second-order valence-corrected chi connectivity index (χ2v) is 6.30. The van der Waals surface area contributed by atoms with Crippen LogP contribution < -0.4 is 0 Å². The molecule has 0 aromatic heterocycles. The highest BCUT2D eigenvalue weighted by molar-refractivity contribution is 8.01. The van der Waals surface area contributed by atoms with Crippen LogP contribution >= 0.6 is 11.8 Å². The van der Waals surface area contributed by atoms with Gasteiger partial charge in [-0.15, -0.1) is 11.8 Å². The monoisotopic (exact) mass is 265 g/mol. The minimum Gasteiger partial charge on any atom is -0.271 e. The number of nitrogens with zero attached hydrogens (tertiary/aromatic N) is 1. The van der Waals surface area contributed by atoms with Crippen LogP contribution in [-0.4, -0.2) is 21.6 Å². The smallest absolute Gasteiger partial charge is 0.260 e. The highest BCUT2D eigenvalue weighted by Gasteiger charge is 2.40. The average molecular weight is 265 g/mol. The minimum atomic E-state index is -0.00632. The number of hydroxylamine groups is 2. The molecule has 2 unspecified atom stereocenters. The SMILES string of the molecule is CC1SC(C(C)C)N(OCc2ccccc2)C1=O. The van der Waals surface area contributed by atoms with Gasteiger partial charge in [0.1, 0.15) is 12.0 Å². The summed E-state index contributed by atoms with van der Waals surface area (Å²) in [6.45, 7) is 6.61. The Morgan fingerprint density at radius 1 is 1.33 bits per heavy atom. The molecule has 98 valence electrons. The van der Waals surface area contributed by atoms with E-state index in [9.17, 15) is 4.79 Å². The maximum atomic E-state index is 12.0. The van der Waals surface area contributed by atoms with Crippen molar-refractivity contribution in [3.63, 3.8) is 0 Å². The van der Waals surface area contributed by atoms with Crippen LogP contribution in [-0.2, 0) is 16.2 Å². The Morgan fingerprint density at radius 2 is 2.00 bits per heavy atom. The lowest BCUT2D eigenvalue weighted by molar-refractivity contribution is -0.194. The van der Waals surface area contributed by atoms with Gasteiger partial charge in [-0.3, -0.25) is 9.63 Å². The molecule has 3 nitrogen and oxygen atoms in total. The Kier molecular flexibility index (Phi) is 4.30. The van der Waals surface area contributed by atoms with Gasteiger partial charge in [0.15, 0.2) is 0 Å². The van der Waals surface area contributed by atoms with Crippen molar-refractivity contribution in [3.8, 4) is 0 Å². The maximum Gasteiger partial charge on any atom is 0.260 e. The van der Waals surface area contributed by atoms with Crippen LogP contribution in [0.3, 0.4) is 0 Å². The third-order valence-corrected chi connectivity index (χ3v) is 4.55. The van der Waals surface area contributed by atoms with Crippen LogP contribution in [0.15, 0.2) is 30.3 Å². The number of carbonyl (C=O) groups excluding carboxylic acids is 1. The summed E-state index contributed by atoms with van der Waals surface area (Å²) in [5.74, 6) is 0.467. The Morgan fingerprint density at radius 3 is 2.61 bits per heavy atom. The Bertz CT molecular complexity index is 408. The fourth-order valence-electron chi connectivity index (χ4n) is 1.91. The molecule has 1 amide bonds. The molecular formula is C14H19NO2S. The molecule has 2 rings (SSSR count). The molecule has 0 spiro atoms. The second kappa shape index (κ2) is 5.76. The van der Waals surface area contributed by atoms with Crippen LogP contribution in [0.4, 0.5) is 0 Å². The van der Waals surface area contributed by atoms with Crippen molar-refractivity contribution in [2.24, 2.45) is 5.92 Å². The van der Waals surface area contributed by atoms with Crippen molar-refractivity contribution in [2.45, 2.75) is 38.0 Å². The summed E-state index contributed by atoms with van der Waals surface area (Å²) < 4.78 is 0. The van der Waals surface area contributed by atoms with E-state index < -0.39 is 0 Å². The van der Waals surface area contributed by atoms with Crippen LogP contribution in [0, 0.1) is 5.92 Å². The summed E-state index contributed by atoms with van der Waals surface area (Å²) in [5, 5.41) is 1.68. The van der Waals surface area contributed by atoms with E-state index in [0.29, 0.717) is 12.5 Å². The van der Waals surface area contributed by atoms with E-state index in [2.05, 4.69) is 13.8 Å². The van der Waals surface area contributed by atoms with Gasteiger partial charge in [0, 0.05) is 0 Å². The van der Waals surface area contributed by atoms with Gasteiger partial charge in [-0.1, -0.05) is 44.2 Å². The van der Waals surface area contributed by atoms with Crippen molar-refractivity contribution in [3.05, 3.63) is 35.9 Å². The molecular weight excluding hydrogens is 246 g/mol. The molecule has 1 aliphatic heterocycles. The summed E-state index contributed by atoms with van der Waals surface area (Å²) in [7, 11) is 0. The summed E-state index contributed by atoms with van der Waals surface area (Å²) >= 11 is 1.68. The quantitative estimate of drug-likeness (QED) is 0.838. The van der Waals surface area contributed by atoms with Crippen LogP contribution in [0.1, 0.15) is 26.3 Å². The first-order valence-electron chi connectivity index (χ1n) is 6.25. The van der Waals surface area contributed by atoms with Gasteiger partial charge < -0.3 is 0 Å². The molecule has 18 heavy (non-hydrogen) atoms. The van der Waals surface area contributed by atoms with Gasteiger partial charge >= 0.3 is 0 Å². The van der Waals surface area contributed by atoms with Crippen LogP contribution in [0.25, 0.3) is 0 Å². The predicted molar refractivity (Wildman–Crippen MR) is 73.8 cm³/mol. The maximum absolute atomic E-state index is 12.0. The van der Waals surface area contributed by atoms with Crippen molar-refractivity contribution in [1.29, 1.82) is 0 Å². The largest absolute Gasteiger partial charge is 0.271 e. The minimum absolute atomic E-state index is 0.00632. The number of amides is 1. The highest BCUT2D eigenvalue weighted by Crippen LogP contribution is 2.36. The molecule has 0 aliphatic carbocycles. The average Bonchev–Trinajstić information content (AvgIpc) is 2.65. The van der Waals surface area contributed by atoms with Gasteiger partial charge in [-0.05, 0) is 18.4 Å². The van der Waals surface area contributed by atoms with Gasteiger partial charge in [0.25, 0.3) is 5.91 Å². The van der Waals surface area contributed by atoms with E-state index in [1.54, 1.807) is 16.8 Å². The zero-order valence-corrected chi connectivity index (χ0v) is 11.8. The summed E-state index contributed by atoms with van der Waals surface area (Å²) in [5.41, 5.74) is 1.08. The van der Waals surface area contributed by atoms with Crippen molar-refractivity contribution >= 4 is 17.7 Å². The van der Waals surface area contributed by atoms with E-state index in [-0.39, 0.29) is 16.5 Å². The molecule has 2 atom stereocenters. The van der Waals surface area contributed by atoms with E-state index in [1.165, 1.54) is 0 Å². The molecule has 0 N–H and O–H groups in total. The molecule has 1 aromatic carbocycles. The standard InChI is InChI=1S/C14H19NO2S/c1-10(2)14-15(13(16)11(3)18-14)17-9-12-7-5-4-6-8-12/h4-8,10-11,14H,9H2,1-3H3. The number of thioether (sulfide) groups is 1. The fourth-order valence-corrected chi connectivity index (χ4v) is 3.14. The number of hydrogen-bond donors (Lipinski definition) is 0. The molecule has 0 saturated carbocycles. The summed E-state index contributed by atoms with van der Waals surface area (Å²) in [6, 6.07) is 9.92. The Balaban J connectivity index is 2.00. The molecule has 1 aromatic rings. The highest BCUT2D eigenvalue weighted by atomic mass is 32.2. The summed E-state index contributed by atoms with van der Waals surface area (Å²) in [6.07, 6.45) is 0. The van der Waals surface area contributed by atoms with Gasteiger partial charge in [0.2, 0.25) is 0 Å². The van der Waals surface area contributed by atoms with Crippen molar-refractivity contribution in [2.75, 3.05) is 0 Å². The van der Waals surface area contributed by atoms with Crippen LogP contribution in [0.5, 0.6) is 0 Å². The van der Waals surface area contributed by atoms with Crippen LogP contribution in [0.2, 0.25) is 0 Å². The van der Waals surface area contributed by atoms with Gasteiger partial charge in [0.05, 0.1) is 5.25 Å². The lowest BCUT2D eigenvalue weighted by atomic mass is 10.2. The fraction of sp³-hybridized carbons (Fsp3) is 0.500. The van der Waals surface area contributed by atoms with Crippen molar-refractivity contribution < 1.29 is 9.63 Å². The lowest BCUT2D eigenvalue weighted by Crippen LogP contribution is -2.36.